The molecule has 0 spiro atoms. The van der Waals surface area contributed by atoms with Crippen molar-refractivity contribution in [3.05, 3.63) is 71.9 Å². The lowest BCUT2D eigenvalue weighted by Gasteiger charge is -2.30. The Morgan fingerprint density at radius 3 is 2.55 bits per heavy atom. The van der Waals surface area contributed by atoms with E-state index in [-0.39, 0.29) is 11.9 Å². The lowest BCUT2D eigenvalue weighted by atomic mass is 10.0. The summed E-state index contributed by atoms with van der Waals surface area (Å²) in [5.41, 5.74) is 3.29. The molecule has 0 radical (unpaired) electrons. The fraction of sp³-hybridized carbons (Fsp3) is 0.304. The number of H-pyrrole nitrogens is 1. The third-order valence-electron chi connectivity index (χ3n) is 5.08. The minimum Gasteiger partial charge on any atom is -0.497 e. The first-order valence-corrected chi connectivity index (χ1v) is 9.93. The molecule has 0 aliphatic heterocycles. The number of amides is 1. The first-order chi connectivity index (χ1) is 14.2. The van der Waals surface area contributed by atoms with Gasteiger partial charge in [0.2, 0.25) is 0 Å². The Balaban J connectivity index is 1.73. The fourth-order valence-electron chi connectivity index (χ4n) is 3.45. The zero-order valence-electron chi connectivity index (χ0n) is 17.2. The summed E-state index contributed by atoms with van der Waals surface area (Å²) in [6.45, 7) is 6.51. The van der Waals surface area contributed by atoms with Gasteiger partial charge in [0.15, 0.2) is 0 Å². The third kappa shape index (κ3) is 5.03. The van der Waals surface area contributed by atoms with Crippen LogP contribution in [0.15, 0.2) is 60.7 Å². The van der Waals surface area contributed by atoms with Gasteiger partial charge >= 0.3 is 0 Å². The summed E-state index contributed by atoms with van der Waals surface area (Å²) in [5.74, 6) is 0.645. The van der Waals surface area contributed by atoms with Gasteiger partial charge in [-0.2, -0.15) is 5.10 Å². The van der Waals surface area contributed by atoms with Crippen LogP contribution in [0.2, 0.25) is 0 Å². The molecule has 1 aromatic heterocycles. The average Bonchev–Trinajstić information content (AvgIpc) is 3.27. The van der Waals surface area contributed by atoms with Crippen molar-refractivity contribution in [2.24, 2.45) is 0 Å². The molecule has 0 fully saturated rings. The summed E-state index contributed by atoms with van der Waals surface area (Å²) in [6.07, 6.45) is 0. The van der Waals surface area contributed by atoms with E-state index in [9.17, 15) is 4.79 Å². The number of methoxy groups -OCH3 is 1. The van der Waals surface area contributed by atoms with Crippen molar-refractivity contribution in [1.29, 1.82) is 0 Å². The van der Waals surface area contributed by atoms with Gasteiger partial charge in [-0.3, -0.25) is 14.8 Å². The van der Waals surface area contributed by atoms with Crippen LogP contribution in [-0.2, 0) is 0 Å². The van der Waals surface area contributed by atoms with Gasteiger partial charge in [-0.25, -0.2) is 0 Å². The molecule has 6 nitrogen and oxygen atoms in total. The van der Waals surface area contributed by atoms with Crippen LogP contribution in [0.5, 0.6) is 5.75 Å². The minimum atomic E-state index is -0.167. The number of benzene rings is 2. The molecule has 1 unspecified atom stereocenters. The van der Waals surface area contributed by atoms with Crippen molar-refractivity contribution in [2.45, 2.75) is 19.9 Å². The Bertz CT molecular complexity index is 919. The molecule has 2 N–H and O–H groups in total. The molecule has 0 saturated heterocycles. The highest BCUT2D eigenvalue weighted by atomic mass is 16.5. The van der Waals surface area contributed by atoms with Gasteiger partial charge in [-0.05, 0) is 36.9 Å². The topological polar surface area (TPSA) is 70.2 Å². The number of aromatic amines is 1. The second-order valence-electron chi connectivity index (χ2n) is 6.76. The van der Waals surface area contributed by atoms with Crippen molar-refractivity contribution >= 4 is 5.91 Å². The summed E-state index contributed by atoms with van der Waals surface area (Å²) in [4.78, 5) is 15.0. The lowest BCUT2D eigenvalue weighted by molar-refractivity contribution is 0.0930. The minimum absolute atomic E-state index is 0.0561. The number of nitrogens with zero attached hydrogens (tertiary/aromatic N) is 2. The Kier molecular flexibility index (Phi) is 7.03. The number of nitrogens with one attached hydrogen (secondary N) is 2. The molecule has 152 valence electrons. The van der Waals surface area contributed by atoms with E-state index >= 15 is 0 Å². The number of likely N-dealkylation sites (N-methyl/N-ethyl adjacent to an activating group) is 1. The van der Waals surface area contributed by atoms with Gasteiger partial charge < -0.3 is 10.1 Å². The van der Waals surface area contributed by atoms with Crippen molar-refractivity contribution in [3.8, 4) is 17.0 Å². The van der Waals surface area contributed by atoms with Crippen LogP contribution in [0.4, 0.5) is 0 Å². The van der Waals surface area contributed by atoms with E-state index in [2.05, 4.69) is 40.3 Å². The summed E-state index contributed by atoms with van der Waals surface area (Å²) < 4.78 is 5.37. The molecule has 1 heterocycles. The Labute approximate surface area is 171 Å². The van der Waals surface area contributed by atoms with E-state index in [0.717, 1.165) is 35.7 Å². The number of carbonyl (C=O) groups is 1. The zero-order valence-corrected chi connectivity index (χ0v) is 17.2. The van der Waals surface area contributed by atoms with E-state index in [4.69, 9.17) is 4.74 Å². The normalized spacial score (nSPS) is 12.0. The van der Waals surface area contributed by atoms with E-state index in [0.29, 0.717) is 12.2 Å². The largest absolute Gasteiger partial charge is 0.497 e. The van der Waals surface area contributed by atoms with Gasteiger partial charge in [0.05, 0.1) is 18.8 Å². The zero-order chi connectivity index (χ0) is 20.6. The van der Waals surface area contributed by atoms with Crippen molar-refractivity contribution in [3.63, 3.8) is 0 Å². The van der Waals surface area contributed by atoms with Crippen LogP contribution in [0.25, 0.3) is 11.3 Å². The second-order valence-corrected chi connectivity index (χ2v) is 6.76. The van der Waals surface area contributed by atoms with E-state index in [1.165, 1.54) is 0 Å². The number of hydrogen-bond donors (Lipinski definition) is 2. The van der Waals surface area contributed by atoms with Gasteiger partial charge in [0.1, 0.15) is 11.4 Å². The first kappa shape index (κ1) is 20.6. The van der Waals surface area contributed by atoms with Gasteiger partial charge in [0.25, 0.3) is 5.91 Å². The molecule has 29 heavy (non-hydrogen) atoms. The predicted octanol–water partition coefficient (Wildman–Crippen LogP) is 3.90. The number of hydrogen-bond acceptors (Lipinski definition) is 4. The number of ether oxygens (including phenoxy) is 1. The third-order valence-corrected chi connectivity index (χ3v) is 5.08. The van der Waals surface area contributed by atoms with Crippen LogP contribution in [0.1, 0.15) is 35.9 Å². The highest BCUT2D eigenvalue weighted by molar-refractivity contribution is 5.93. The SMILES string of the molecule is CCN(CC)C(CNC(=O)c1cc(-c2ccccc2)n[nH]1)c1cccc(OC)c1. The number of carbonyl (C=O) groups excluding carboxylic acids is 1. The molecule has 3 aromatic rings. The monoisotopic (exact) mass is 392 g/mol. The number of aromatic nitrogens is 2. The molecule has 0 saturated carbocycles. The van der Waals surface area contributed by atoms with Crippen molar-refractivity contribution in [2.75, 3.05) is 26.7 Å². The predicted molar refractivity (Wildman–Crippen MR) is 115 cm³/mol. The smallest absolute Gasteiger partial charge is 0.269 e. The summed E-state index contributed by atoms with van der Waals surface area (Å²) in [7, 11) is 1.66. The maximum atomic E-state index is 12.7. The van der Waals surface area contributed by atoms with Crippen molar-refractivity contribution < 1.29 is 9.53 Å². The number of rotatable bonds is 9. The first-order valence-electron chi connectivity index (χ1n) is 9.93. The van der Waals surface area contributed by atoms with Crippen LogP contribution < -0.4 is 10.1 Å². The maximum Gasteiger partial charge on any atom is 0.269 e. The maximum absolute atomic E-state index is 12.7. The molecule has 1 amide bonds. The Hall–Kier alpha value is -3.12. The van der Waals surface area contributed by atoms with Crippen LogP contribution >= 0.6 is 0 Å². The lowest BCUT2D eigenvalue weighted by Crippen LogP contribution is -2.38. The van der Waals surface area contributed by atoms with Gasteiger partial charge in [-0.15, -0.1) is 0 Å². The van der Waals surface area contributed by atoms with Gasteiger partial charge in [0, 0.05) is 12.1 Å². The fourth-order valence-corrected chi connectivity index (χ4v) is 3.45. The van der Waals surface area contributed by atoms with Crippen molar-refractivity contribution in [1.82, 2.24) is 20.4 Å². The standard InChI is InChI=1S/C23H28N4O2/c1-4-27(5-2)22(18-12-9-13-19(14-18)29-3)16-24-23(28)21-15-20(25-26-21)17-10-7-6-8-11-17/h6-15,22H,4-5,16H2,1-3H3,(H,24,28)(H,25,26). The quantitative estimate of drug-likeness (QED) is 0.579. The second kappa shape index (κ2) is 9.89. The molecule has 1 atom stereocenters. The Morgan fingerprint density at radius 1 is 1.10 bits per heavy atom. The van der Waals surface area contributed by atoms with Crippen LogP contribution in [0.3, 0.4) is 0 Å². The molecular weight excluding hydrogens is 364 g/mol. The Morgan fingerprint density at radius 2 is 1.86 bits per heavy atom. The molecule has 0 bridgehead atoms. The van der Waals surface area contributed by atoms with Gasteiger partial charge in [-0.1, -0.05) is 56.3 Å². The van der Waals surface area contributed by atoms with Crippen LogP contribution in [-0.4, -0.2) is 47.7 Å². The van der Waals surface area contributed by atoms with E-state index < -0.39 is 0 Å². The highest BCUT2D eigenvalue weighted by Gasteiger charge is 2.20. The van der Waals surface area contributed by atoms with E-state index in [1.807, 2.05) is 48.5 Å². The molecule has 2 aromatic carbocycles. The summed E-state index contributed by atoms with van der Waals surface area (Å²) in [5, 5.41) is 10.2. The summed E-state index contributed by atoms with van der Waals surface area (Å²) in [6, 6.07) is 19.6. The summed E-state index contributed by atoms with van der Waals surface area (Å²) >= 11 is 0. The molecule has 0 aliphatic carbocycles. The molecule has 3 rings (SSSR count). The molecule has 0 aliphatic rings. The molecule has 6 heteroatoms. The average molecular weight is 393 g/mol. The van der Waals surface area contributed by atoms with E-state index in [1.54, 1.807) is 13.2 Å². The highest BCUT2D eigenvalue weighted by Crippen LogP contribution is 2.24. The molecular formula is C23H28N4O2. The van der Waals surface area contributed by atoms with Crippen LogP contribution in [0, 0.1) is 0 Å².